The minimum Gasteiger partial charge on any atom is -0.509 e. The van der Waals surface area contributed by atoms with Crippen molar-refractivity contribution in [2.75, 3.05) is 7.11 Å². The van der Waals surface area contributed by atoms with Crippen molar-refractivity contribution in [2.45, 2.75) is 54.4 Å². The fourth-order valence-corrected chi connectivity index (χ4v) is 6.41. The molecule has 0 saturated carbocycles. The molecule has 0 aliphatic rings. The van der Waals surface area contributed by atoms with Gasteiger partial charge in [-0.1, -0.05) is 56.6 Å². The van der Waals surface area contributed by atoms with Crippen LogP contribution in [0.2, 0.25) is 0 Å². The van der Waals surface area contributed by atoms with E-state index in [1.54, 1.807) is 7.11 Å². The topological polar surface area (TPSA) is 54.1 Å². The zero-order valence-corrected chi connectivity index (χ0v) is 31.3. The molecule has 6 nitrogen and oxygen atoms in total. The summed E-state index contributed by atoms with van der Waals surface area (Å²) in [5.41, 5.74) is 9.58. The van der Waals surface area contributed by atoms with Crippen molar-refractivity contribution in [2.24, 2.45) is 5.41 Å². The molecule has 3 aromatic heterocycles. The predicted octanol–water partition coefficient (Wildman–Crippen LogP) is 10.3. The summed E-state index contributed by atoms with van der Waals surface area (Å²) in [5, 5.41) is 7.09. The molecule has 4 aromatic carbocycles. The monoisotopic (exact) mass is 827 g/mol. The Bertz CT molecular complexity index is 2280. The molecular formula is C42H40N4O2Pt. The minimum absolute atomic E-state index is 0. The number of hydrogen-bond donors (Lipinski definition) is 0. The number of pyridine rings is 1. The molecule has 0 unspecified atom stereocenters. The van der Waals surface area contributed by atoms with E-state index in [0.29, 0.717) is 11.5 Å². The Morgan fingerprint density at radius 2 is 1.61 bits per heavy atom. The molecule has 0 atom stereocenters. The predicted molar refractivity (Wildman–Crippen MR) is 194 cm³/mol. The van der Waals surface area contributed by atoms with Crippen molar-refractivity contribution in [1.29, 1.82) is 0 Å². The Balaban J connectivity index is 0.00000417. The third-order valence-corrected chi connectivity index (χ3v) is 8.84. The van der Waals surface area contributed by atoms with Crippen LogP contribution < -0.4 is 9.47 Å². The maximum Gasteiger partial charge on any atom is 2.00 e. The van der Waals surface area contributed by atoms with E-state index in [1.165, 1.54) is 5.56 Å². The number of rotatable bonds is 8. The van der Waals surface area contributed by atoms with Gasteiger partial charge in [0.1, 0.15) is 11.6 Å². The summed E-state index contributed by atoms with van der Waals surface area (Å²) in [6, 6.07) is 36.1. The summed E-state index contributed by atoms with van der Waals surface area (Å²) in [7, 11) is 1.69. The maximum absolute atomic E-state index is 6.63. The van der Waals surface area contributed by atoms with Crippen LogP contribution in [0.25, 0.3) is 44.4 Å². The fraction of sp³-hybridized carbons (Fsp3) is 0.238. The van der Waals surface area contributed by atoms with Gasteiger partial charge in [0.05, 0.1) is 12.8 Å². The van der Waals surface area contributed by atoms with E-state index in [1.807, 2.05) is 35.1 Å². The van der Waals surface area contributed by atoms with Gasteiger partial charge in [0, 0.05) is 34.5 Å². The van der Waals surface area contributed by atoms with E-state index in [-0.39, 0.29) is 26.5 Å². The van der Waals surface area contributed by atoms with Crippen LogP contribution in [0.5, 0.6) is 17.2 Å². The largest absolute Gasteiger partial charge is 2.00 e. The Kier molecular flexibility index (Phi) is 9.55. The number of hydrogen-bond acceptors (Lipinski definition) is 4. The van der Waals surface area contributed by atoms with Crippen molar-refractivity contribution in [1.82, 2.24) is 19.3 Å². The standard InChI is InChI=1S/C42H40N4O2.Pt/c1-27-18-20-43-40(21-27)45-38-16-14-33(47-7)25-37(38)36-15-13-34(26-39(36)45)48-35-23-30(17-19-42(4,5)6)22-32(24-35)46-29(3)41(28(2)44-46)31-11-9-8-10-12-31;/h8-16,18,20-23,25H,17,19H2,1-7H3;/q-2;+2. The zero-order chi connectivity index (χ0) is 33.6. The SMILES string of the molecule is COc1ccc2c(c1)c1ccc(Oc3[c-]c(-n4nc(C)c(-c5ccccc5)c4C)cc(CCC(C)(C)C)c3)[c-]c1n2-c1cc(C)ccn1.[Pt+2]. The zero-order valence-electron chi connectivity index (χ0n) is 29.0. The molecule has 7 heteroatoms. The van der Waals surface area contributed by atoms with Crippen LogP contribution in [0, 0.1) is 38.3 Å². The molecule has 0 aliphatic carbocycles. The molecule has 0 aliphatic heterocycles. The van der Waals surface area contributed by atoms with Crippen LogP contribution in [0.1, 0.15) is 49.7 Å². The van der Waals surface area contributed by atoms with Crippen molar-refractivity contribution in [3.05, 3.63) is 126 Å². The van der Waals surface area contributed by atoms with Gasteiger partial charge in [0.15, 0.2) is 0 Å². The second kappa shape index (κ2) is 13.7. The first-order valence-corrected chi connectivity index (χ1v) is 16.4. The van der Waals surface area contributed by atoms with Gasteiger partial charge in [0.2, 0.25) is 0 Å². The van der Waals surface area contributed by atoms with Gasteiger partial charge in [-0.25, -0.2) is 4.98 Å². The molecule has 0 saturated heterocycles. The van der Waals surface area contributed by atoms with Gasteiger partial charge < -0.3 is 14.0 Å². The van der Waals surface area contributed by atoms with Crippen molar-refractivity contribution in [3.63, 3.8) is 0 Å². The Hall–Kier alpha value is -4.67. The average Bonchev–Trinajstić information content (AvgIpc) is 3.55. The quantitative estimate of drug-likeness (QED) is 0.143. The van der Waals surface area contributed by atoms with E-state index < -0.39 is 0 Å². The third-order valence-electron chi connectivity index (χ3n) is 8.84. The number of nitrogens with zero attached hydrogens (tertiary/aromatic N) is 4. The first-order valence-electron chi connectivity index (χ1n) is 16.4. The molecule has 3 heterocycles. The summed E-state index contributed by atoms with van der Waals surface area (Å²) >= 11 is 0. The number of aromatic nitrogens is 4. The normalized spacial score (nSPS) is 11.6. The third kappa shape index (κ3) is 6.93. The summed E-state index contributed by atoms with van der Waals surface area (Å²) in [5.74, 6) is 2.84. The second-order valence-electron chi connectivity index (χ2n) is 13.7. The number of benzene rings is 4. The number of ether oxygens (including phenoxy) is 2. The molecule has 0 bridgehead atoms. The van der Waals surface area contributed by atoms with Crippen LogP contribution in [0.15, 0.2) is 91.1 Å². The van der Waals surface area contributed by atoms with Crippen molar-refractivity contribution >= 4 is 21.8 Å². The molecule has 0 N–H and O–H groups in total. The van der Waals surface area contributed by atoms with Gasteiger partial charge in [-0.2, -0.15) is 16.7 Å². The fourth-order valence-electron chi connectivity index (χ4n) is 6.41. The maximum atomic E-state index is 6.63. The summed E-state index contributed by atoms with van der Waals surface area (Å²) in [4.78, 5) is 4.73. The van der Waals surface area contributed by atoms with Gasteiger partial charge in [-0.15, -0.1) is 35.7 Å². The molecular weight excluding hydrogens is 788 g/mol. The molecule has 49 heavy (non-hydrogen) atoms. The van der Waals surface area contributed by atoms with Gasteiger partial charge in [0.25, 0.3) is 0 Å². The Morgan fingerprint density at radius 1 is 0.816 bits per heavy atom. The van der Waals surface area contributed by atoms with E-state index in [9.17, 15) is 0 Å². The summed E-state index contributed by atoms with van der Waals surface area (Å²) in [6.07, 6.45) is 3.78. The first-order chi connectivity index (χ1) is 23.1. The molecule has 7 aromatic rings. The summed E-state index contributed by atoms with van der Waals surface area (Å²) < 4.78 is 16.3. The Labute approximate surface area is 303 Å². The number of aryl methyl sites for hydroxylation is 3. The molecule has 0 radical (unpaired) electrons. The van der Waals surface area contributed by atoms with Crippen molar-refractivity contribution < 1.29 is 30.5 Å². The molecule has 7 rings (SSSR count). The molecule has 0 spiro atoms. The molecule has 0 amide bonds. The number of fused-ring (bicyclic) bond motifs is 3. The minimum atomic E-state index is 0. The van der Waals surface area contributed by atoms with E-state index in [2.05, 4.69) is 119 Å². The average molecular weight is 828 g/mol. The van der Waals surface area contributed by atoms with E-state index in [0.717, 1.165) is 80.0 Å². The number of methoxy groups -OCH3 is 1. The first kappa shape index (κ1) is 34.2. The van der Waals surface area contributed by atoms with Crippen molar-refractivity contribution in [3.8, 4) is 39.9 Å². The van der Waals surface area contributed by atoms with Crippen LogP contribution in [0.4, 0.5) is 0 Å². The van der Waals surface area contributed by atoms with Crippen LogP contribution >= 0.6 is 0 Å². The van der Waals surface area contributed by atoms with Crippen LogP contribution in [0.3, 0.4) is 0 Å². The summed E-state index contributed by atoms with van der Waals surface area (Å²) in [6.45, 7) is 13.1. The van der Waals surface area contributed by atoms with Crippen LogP contribution in [-0.4, -0.2) is 26.4 Å². The smallest absolute Gasteiger partial charge is 0.509 e. The Morgan fingerprint density at radius 3 is 2.35 bits per heavy atom. The van der Waals surface area contributed by atoms with Gasteiger partial charge in [-0.05, 0) is 91.6 Å². The van der Waals surface area contributed by atoms with E-state index >= 15 is 0 Å². The van der Waals surface area contributed by atoms with Crippen LogP contribution in [-0.2, 0) is 27.5 Å². The second-order valence-corrected chi connectivity index (χ2v) is 13.7. The van der Waals surface area contributed by atoms with Gasteiger partial charge >= 0.3 is 21.1 Å². The molecule has 250 valence electrons. The van der Waals surface area contributed by atoms with Gasteiger partial charge in [-0.3, -0.25) is 4.68 Å². The van der Waals surface area contributed by atoms with E-state index in [4.69, 9.17) is 19.6 Å². The molecule has 0 fully saturated rings.